The van der Waals surface area contributed by atoms with E-state index in [1.165, 1.54) is 12.1 Å². The van der Waals surface area contributed by atoms with Crippen LogP contribution in [0.4, 0.5) is 4.39 Å². The van der Waals surface area contributed by atoms with Crippen molar-refractivity contribution in [1.82, 2.24) is 5.32 Å². The first-order valence-corrected chi connectivity index (χ1v) is 8.67. The molecular weight excluding hydrogens is 325 g/mol. The lowest BCUT2D eigenvalue weighted by atomic mass is 10.1. The van der Waals surface area contributed by atoms with Gasteiger partial charge < -0.3 is 10.4 Å². The molecule has 2 unspecified atom stereocenters. The van der Waals surface area contributed by atoms with Crippen molar-refractivity contribution in [2.45, 2.75) is 17.5 Å². The Kier molecular flexibility index (Phi) is 6.08. The van der Waals surface area contributed by atoms with Crippen LogP contribution in [-0.2, 0) is 17.3 Å². The van der Waals surface area contributed by atoms with E-state index >= 15 is 0 Å². The van der Waals surface area contributed by atoms with Crippen LogP contribution in [0.25, 0.3) is 0 Å². The Morgan fingerprint density at radius 3 is 2.55 bits per heavy atom. The van der Waals surface area contributed by atoms with E-state index in [9.17, 15) is 13.7 Å². The lowest BCUT2D eigenvalue weighted by molar-refractivity contribution is 0.174. The molecular formula is C16H17ClFNO2S. The molecule has 2 N–H and O–H groups in total. The number of nitrogens with one attached hydrogen (secondary N) is 1. The Morgan fingerprint density at radius 2 is 1.95 bits per heavy atom. The molecule has 0 fully saturated rings. The fraction of sp³-hybridized carbons (Fsp3) is 0.250. The highest BCUT2D eigenvalue weighted by atomic mass is 35.5. The molecule has 22 heavy (non-hydrogen) atoms. The Hall–Kier alpha value is -1.27. The fourth-order valence-electron chi connectivity index (χ4n) is 1.99. The number of hydrogen-bond acceptors (Lipinski definition) is 3. The molecule has 0 saturated heterocycles. The zero-order chi connectivity index (χ0) is 16.1. The van der Waals surface area contributed by atoms with Gasteiger partial charge in [-0.25, -0.2) is 4.39 Å². The van der Waals surface area contributed by atoms with Crippen LogP contribution in [0.15, 0.2) is 47.4 Å². The normalized spacial score (nSPS) is 13.8. The van der Waals surface area contributed by atoms with E-state index in [1.54, 1.807) is 12.3 Å². The second-order valence-electron chi connectivity index (χ2n) is 4.92. The summed E-state index contributed by atoms with van der Waals surface area (Å²) in [4.78, 5) is 0.778. The topological polar surface area (TPSA) is 49.3 Å². The van der Waals surface area contributed by atoms with E-state index in [-0.39, 0.29) is 5.02 Å². The first kappa shape index (κ1) is 17.1. The summed E-state index contributed by atoms with van der Waals surface area (Å²) in [5.74, 6) is -0.540. The third-order valence-corrected chi connectivity index (χ3v) is 4.49. The Morgan fingerprint density at radius 1 is 1.27 bits per heavy atom. The maximum atomic E-state index is 13.3. The van der Waals surface area contributed by atoms with Gasteiger partial charge in [0.2, 0.25) is 0 Å². The van der Waals surface area contributed by atoms with Crippen molar-refractivity contribution >= 4 is 22.4 Å². The van der Waals surface area contributed by atoms with Crippen molar-refractivity contribution in [3.8, 4) is 0 Å². The first-order valence-electron chi connectivity index (χ1n) is 6.73. The summed E-state index contributed by atoms with van der Waals surface area (Å²) in [6.07, 6.45) is 0.823. The summed E-state index contributed by atoms with van der Waals surface area (Å²) in [6.45, 7) is 0.853. The maximum Gasteiger partial charge on any atom is 0.142 e. The zero-order valence-corrected chi connectivity index (χ0v) is 13.6. The van der Waals surface area contributed by atoms with Crippen molar-refractivity contribution in [3.63, 3.8) is 0 Å². The predicted octanol–water partition coefficient (Wildman–Crippen LogP) is 3.04. The quantitative estimate of drug-likeness (QED) is 0.849. The molecule has 0 aliphatic rings. The minimum Gasteiger partial charge on any atom is -0.387 e. The van der Waals surface area contributed by atoms with Gasteiger partial charge in [0.1, 0.15) is 5.82 Å². The molecule has 6 heteroatoms. The van der Waals surface area contributed by atoms with E-state index < -0.39 is 22.7 Å². The Bertz CT molecular complexity index is 664. The van der Waals surface area contributed by atoms with E-state index in [0.29, 0.717) is 18.7 Å². The molecule has 118 valence electrons. The number of aliphatic hydroxyl groups is 1. The highest BCUT2D eigenvalue weighted by Gasteiger charge is 2.10. The SMILES string of the molecule is CS(=O)c1ccc(CNCC(O)c2ccc(Cl)c(F)c2)cc1. The minimum atomic E-state index is -0.986. The smallest absolute Gasteiger partial charge is 0.142 e. The van der Waals surface area contributed by atoms with Gasteiger partial charge in [0.25, 0.3) is 0 Å². The van der Waals surface area contributed by atoms with Crippen molar-refractivity contribution in [1.29, 1.82) is 0 Å². The van der Waals surface area contributed by atoms with Crippen LogP contribution >= 0.6 is 11.6 Å². The molecule has 0 aliphatic heterocycles. The number of aliphatic hydroxyl groups excluding tert-OH is 1. The molecule has 0 spiro atoms. The molecule has 0 bridgehead atoms. The van der Waals surface area contributed by atoms with Crippen LogP contribution in [0, 0.1) is 5.82 Å². The molecule has 2 aromatic rings. The van der Waals surface area contributed by atoms with Crippen LogP contribution in [0.5, 0.6) is 0 Å². The summed E-state index contributed by atoms with van der Waals surface area (Å²) < 4.78 is 24.6. The highest BCUT2D eigenvalue weighted by molar-refractivity contribution is 7.84. The van der Waals surface area contributed by atoms with Crippen LogP contribution < -0.4 is 5.32 Å². The molecule has 0 radical (unpaired) electrons. The van der Waals surface area contributed by atoms with Crippen molar-refractivity contribution in [2.75, 3.05) is 12.8 Å². The van der Waals surface area contributed by atoms with Gasteiger partial charge in [0.05, 0.1) is 11.1 Å². The molecule has 0 aromatic heterocycles. The molecule has 2 atom stereocenters. The largest absolute Gasteiger partial charge is 0.387 e. The summed E-state index contributed by atoms with van der Waals surface area (Å²) in [6, 6.07) is 11.7. The van der Waals surface area contributed by atoms with E-state index in [2.05, 4.69) is 5.32 Å². The minimum absolute atomic E-state index is 0.0392. The predicted molar refractivity (Wildman–Crippen MR) is 86.9 cm³/mol. The molecule has 0 amide bonds. The van der Waals surface area contributed by atoms with E-state index in [4.69, 9.17) is 11.6 Å². The van der Waals surface area contributed by atoms with Crippen LogP contribution in [0.3, 0.4) is 0 Å². The second kappa shape index (κ2) is 7.83. The molecule has 3 nitrogen and oxygen atoms in total. The van der Waals surface area contributed by atoms with Gasteiger partial charge in [0, 0.05) is 35.0 Å². The van der Waals surface area contributed by atoms with Crippen molar-refractivity contribution in [2.24, 2.45) is 0 Å². The van der Waals surface area contributed by atoms with Gasteiger partial charge in [-0.3, -0.25) is 4.21 Å². The molecule has 0 heterocycles. The average Bonchev–Trinajstić information content (AvgIpc) is 2.50. The van der Waals surface area contributed by atoms with Gasteiger partial charge in [-0.1, -0.05) is 29.8 Å². The van der Waals surface area contributed by atoms with Gasteiger partial charge in [0.15, 0.2) is 0 Å². The summed E-state index contributed by atoms with van der Waals surface area (Å²) in [7, 11) is -0.986. The number of rotatable bonds is 6. The van der Waals surface area contributed by atoms with Crippen LogP contribution in [-0.4, -0.2) is 22.1 Å². The third-order valence-electron chi connectivity index (χ3n) is 3.25. The Labute approximate surface area is 136 Å². The standard InChI is InChI=1S/C16H17ClFNO2S/c1-22(21)13-5-2-11(3-6-13)9-19-10-16(20)12-4-7-14(17)15(18)8-12/h2-8,16,19-20H,9-10H2,1H3. The fourth-order valence-corrected chi connectivity index (χ4v) is 2.63. The second-order valence-corrected chi connectivity index (χ2v) is 6.71. The summed E-state index contributed by atoms with van der Waals surface area (Å²) >= 11 is 5.61. The Balaban J connectivity index is 1.87. The molecule has 2 aromatic carbocycles. The average molecular weight is 342 g/mol. The highest BCUT2D eigenvalue weighted by Crippen LogP contribution is 2.20. The third kappa shape index (κ3) is 4.61. The van der Waals surface area contributed by atoms with Gasteiger partial charge >= 0.3 is 0 Å². The lowest BCUT2D eigenvalue weighted by Crippen LogP contribution is -2.21. The monoisotopic (exact) mass is 341 g/mol. The van der Waals surface area contributed by atoms with Crippen molar-refractivity contribution < 1.29 is 13.7 Å². The van der Waals surface area contributed by atoms with E-state index in [0.717, 1.165) is 10.5 Å². The molecule has 2 rings (SSSR count). The first-order chi connectivity index (χ1) is 10.5. The maximum absolute atomic E-state index is 13.3. The lowest BCUT2D eigenvalue weighted by Gasteiger charge is -2.13. The molecule has 0 saturated carbocycles. The zero-order valence-electron chi connectivity index (χ0n) is 12.1. The van der Waals surface area contributed by atoms with Crippen LogP contribution in [0.1, 0.15) is 17.2 Å². The summed E-state index contributed by atoms with van der Waals surface area (Å²) in [5, 5.41) is 13.2. The van der Waals surface area contributed by atoms with Gasteiger partial charge in [-0.2, -0.15) is 0 Å². The van der Waals surface area contributed by atoms with E-state index in [1.807, 2.05) is 24.3 Å². The van der Waals surface area contributed by atoms with Crippen LogP contribution in [0.2, 0.25) is 5.02 Å². The van der Waals surface area contributed by atoms with Gasteiger partial charge in [-0.05, 0) is 35.4 Å². The number of halogens is 2. The summed E-state index contributed by atoms with van der Waals surface area (Å²) in [5.41, 5.74) is 1.50. The molecule has 0 aliphatic carbocycles. The number of hydrogen-bond donors (Lipinski definition) is 2. The van der Waals surface area contributed by atoms with Gasteiger partial charge in [-0.15, -0.1) is 0 Å². The number of benzene rings is 2. The van der Waals surface area contributed by atoms with Crippen molar-refractivity contribution in [3.05, 3.63) is 64.4 Å².